The van der Waals surface area contributed by atoms with Gasteiger partial charge in [0.15, 0.2) is 5.15 Å². The Kier molecular flexibility index (Phi) is 7.55. The molecular formula is C15H24ClN3O. The van der Waals surface area contributed by atoms with E-state index in [1.54, 1.807) is 6.20 Å². The summed E-state index contributed by atoms with van der Waals surface area (Å²) in [7, 11) is 0. The van der Waals surface area contributed by atoms with Crippen LogP contribution in [0.1, 0.15) is 44.6 Å². The lowest BCUT2D eigenvalue weighted by atomic mass is 9.94. The van der Waals surface area contributed by atoms with E-state index in [0.29, 0.717) is 29.7 Å². The fourth-order valence-corrected chi connectivity index (χ4v) is 2.54. The zero-order chi connectivity index (χ0) is 15.0. The molecule has 1 aromatic heterocycles. The summed E-state index contributed by atoms with van der Waals surface area (Å²) < 4.78 is 0. The van der Waals surface area contributed by atoms with Gasteiger partial charge in [0, 0.05) is 12.6 Å². The van der Waals surface area contributed by atoms with Crippen molar-refractivity contribution in [3.63, 3.8) is 0 Å². The molecule has 3 N–H and O–H groups in total. The number of nitrogens with one attached hydrogen (secondary N) is 1. The highest BCUT2D eigenvalue weighted by molar-refractivity contribution is 6.32. The Labute approximate surface area is 126 Å². The highest BCUT2D eigenvalue weighted by Crippen LogP contribution is 2.23. The number of aryl methyl sites for hydroxylation is 1. The first-order valence-electron chi connectivity index (χ1n) is 7.19. The molecule has 1 rings (SSSR count). The van der Waals surface area contributed by atoms with Crippen molar-refractivity contribution in [2.24, 2.45) is 11.7 Å². The maximum atomic E-state index is 12.0. The first-order valence-corrected chi connectivity index (χ1v) is 7.57. The first kappa shape index (κ1) is 16.9. The highest BCUT2D eigenvalue weighted by atomic mass is 35.5. The van der Waals surface area contributed by atoms with Gasteiger partial charge in [0.1, 0.15) is 0 Å². The van der Waals surface area contributed by atoms with Crippen LogP contribution in [0.4, 0.5) is 5.69 Å². The number of carbonyl (C=O) groups is 1. The largest absolute Gasteiger partial charge is 0.330 e. The molecule has 1 amide bonds. The molecule has 1 unspecified atom stereocenters. The summed E-state index contributed by atoms with van der Waals surface area (Å²) in [6.45, 7) is 4.74. The Bertz CT molecular complexity index is 411. The van der Waals surface area contributed by atoms with Gasteiger partial charge in [-0.15, -0.1) is 0 Å². The first-order chi connectivity index (χ1) is 9.58. The lowest BCUT2D eigenvalue weighted by molar-refractivity contribution is -0.116. The van der Waals surface area contributed by atoms with Crippen LogP contribution in [-0.2, 0) is 4.79 Å². The van der Waals surface area contributed by atoms with Gasteiger partial charge in [-0.25, -0.2) is 4.98 Å². The zero-order valence-electron chi connectivity index (χ0n) is 12.3. The van der Waals surface area contributed by atoms with Crippen molar-refractivity contribution in [2.75, 3.05) is 11.9 Å². The van der Waals surface area contributed by atoms with Crippen LogP contribution in [0.15, 0.2) is 12.3 Å². The fraction of sp³-hybridized carbons (Fsp3) is 0.600. The second kappa shape index (κ2) is 8.93. The van der Waals surface area contributed by atoms with E-state index in [1.807, 2.05) is 13.0 Å². The molecule has 112 valence electrons. The van der Waals surface area contributed by atoms with Gasteiger partial charge >= 0.3 is 0 Å². The normalized spacial score (nSPS) is 12.2. The summed E-state index contributed by atoms with van der Waals surface area (Å²) in [5.41, 5.74) is 7.14. The summed E-state index contributed by atoms with van der Waals surface area (Å²) in [5.74, 6) is 0.516. The maximum absolute atomic E-state index is 12.0. The van der Waals surface area contributed by atoms with Crippen LogP contribution in [0.2, 0.25) is 5.15 Å². The van der Waals surface area contributed by atoms with Crippen LogP contribution in [0.3, 0.4) is 0 Å². The second-order valence-electron chi connectivity index (χ2n) is 5.11. The summed E-state index contributed by atoms with van der Waals surface area (Å²) >= 11 is 5.99. The maximum Gasteiger partial charge on any atom is 0.224 e. The average Bonchev–Trinajstić information content (AvgIpc) is 2.41. The van der Waals surface area contributed by atoms with E-state index in [0.717, 1.165) is 31.2 Å². The second-order valence-corrected chi connectivity index (χ2v) is 5.47. The number of hydrogen-bond donors (Lipinski definition) is 2. The van der Waals surface area contributed by atoms with E-state index in [1.165, 1.54) is 0 Å². The minimum atomic E-state index is -0.0128. The molecule has 4 nitrogen and oxygen atoms in total. The molecule has 0 saturated heterocycles. The van der Waals surface area contributed by atoms with Crippen LogP contribution in [0, 0.1) is 12.8 Å². The fourth-order valence-electron chi connectivity index (χ4n) is 2.29. The minimum absolute atomic E-state index is 0.0128. The Hall–Kier alpha value is -1.13. The molecule has 0 radical (unpaired) electrons. The number of aromatic nitrogens is 1. The van der Waals surface area contributed by atoms with Gasteiger partial charge in [-0.3, -0.25) is 4.79 Å². The molecule has 0 aliphatic carbocycles. The molecule has 0 spiro atoms. The van der Waals surface area contributed by atoms with Crippen molar-refractivity contribution in [2.45, 2.75) is 46.0 Å². The van der Waals surface area contributed by atoms with Crippen LogP contribution in [0.25, 0.3) is 0 Å². The van der Waals surface area contributed by atoms with Gasteiger partial charge in [-0.05, 0) is 43.9 Å². The number of rotatable bonds is 8. The molecule has 0 aliphatic heterocycles. The van der Waals surface area contributed by atoms with Gasteiger partial charge < -0.3 is 11.1 Å². The molecule has 20 heavy (non-hydrogen) atoms. The topological polar surface area (TPSA) is 68.0 Å². The third kappa shape index (κ3) is 5.47. The van der Waals surface area contributed by atoms with Crippen molar-refractivity contribution in [1.29, 1.82) is 0 Å². The van der Waals surface area contributed by atoms with E-state index in [4.69, 9.17) is 17.3 Å². The molecular weight excluding hydrogens is 274 g/mol. The van der Waals surface area contributed by atoms with Crippen LogP contribution < -0.4 is 11.1 Å². The lowest BCUT2D eigenvalue weighted by Gasteiger charge is -2.15. The van der Waals surface area contributed by atoms with Crippen molar-refractivity contribution in [3.05, 3.63) is 23.0 Å². The number of hydrogen-bond acceptors (Lipinski definition) is 3. The number of amides is 1. The average molecular weight is 298 g/mol. The number of carbonyl (C=O) groups excluding carboxylic acids is 1. The van der Waals surface area contributed by atoms with Crippen LogP contribution >= 0.6 is 11.6 Å². The van der Waals surface area contributed by atoms with Gasteiger partial charge in [0.2, 0.25) is 5.91 Å². The van der Waals surface area contributed by atoms with E-state index in [2.05, 4.69) is 17.2 Å². The molecule has 5 heteroatoms. The summed E-state index contributed by atoms with van der Waals surface area (Å²) in [6.07, 6.45) is 6.22. The van der Waals surface area contributed by atoms with E-state index in [9.17, 15) is 4.79 Å². The molecule has 0 aromatic carbocycles. The standard InChI is InChI=1S/C15H24ClN3O/c1-3-4-12(7-9-17)5-6-13(20)19-14-11(2)8-10-18-15(14)16/h8,10,12H,3-7,9,17H2,1-2H3,(H,19,20). The minimum Gasteiger partial charge on any atom is -0.330 e. The van der Waals surface area contributed by atoms with Crippen molar-refractivity contribution < 1.29 is 4.79 Å². The van der Waals surface area contributed by atoms with Gasteiger partial charge in [-0.1, -0.05) is 31.4 Å². The smallest absolute Gasteiger partial charge is 0.224 e. The van der Waals surface area contributed by atoms with Gasteiger partial charge in [0.25, 0.3) is 0 Å². The van der Waals surface area contributed by atoms with E-state index >= 15 is 0 Å². The van der Waals surface area contributed by atoms with Crippen molar-refractivity contribution >= 4 is 23.2 Å². The van der Waals surface area contributed by atoms with Crippen LogP contribution in [-0.4, -0.2) is 17.4 Å². The predicted octanol–water partition coefficient (Wildman–Crippen LogP) is 3.53. The molecule has 1 aromatic rings. The Morgan fingerprint density at radius 3 is 2.80 bits per heavy atom. The van der Waals surface area contributed by atoms with Crippen molar-refractivity contribution in [3.8, 4) is 0 Å². The molecule has 0 aliphatic rings. The number of anilines is 1. The Morgan fingerprint density at radius 2 is 2.20 bits per heavy atom. The summed E-state index contributed by atoms with van der Waals surface area (Å²) in [6, 6.07) is 1.83. The summed E-state index contributed by atoms with van der Waals surface area (Å²) in [4.78, 5) is 16.0. The number of pyridine rings is 1. The summed E-state index contributed by atoms with van der Waals surface area (Å²) in [5, 5.41) is 3.19. The third-order valence-corrected chi connectivity index (χ3v) is 3.72. The quantitative estimate of drug-likeness (QED) is 0.721. The zero-order valence-corrected chi connectivity index (χ0v) is 13.0. The molecule has 0 bridgehead atoms. The molecule has 1 heterocycles. The molecule has 0 fully saturated rings. The van der Waals surface area contributed by atoms with Crippen LogP contribution in [0.5, 0.6) is 0 Å². The SMILES string of the molecule is CCCC(CCN)CCC(=O)Nc1c(C)ccnc1Cl. The number of halogens is 1. The molecule has 1 atom stereocenters. The van der Waals surface area contributed by atoms with Gasteiger partial charge in [0.05, 0.1) is 5.69 Å². The number of nitrogens with zero attached hydrogens (tertiary/aromatic N) is 1. The van der Waals surface area contributed by atoms with Gasteiger partial charge in [-0.2, -0.15) is 0 Å². The Balaban J connectivity index is 2.51. The van der Waals surface area contributed by atoms with E-state index in [-0.39, 0.29) is 5.91 Å². The highest BCUT2D eigenvalue weighted by Gasteiger charge is 2.12. The monoisotopic (exact) mass is 297 g/mol. The lowest BCUT2D eigenvalue weighted by Crippen LogP contribution is -2.16. The molecule has 0 saturated carbocycles. The van der Waals surface area contributed by atoms with E-state index < -0.39 is 0 Å². The van der Waals surface area contributed by atoms with Crippen molar-refractivity contribution in [1.82, 2.24) is 4.98 Å². The Morgan fingerprint density at radius 1 is 1.45 bits per heavy atom. The number of nitrogens with two attached hydrogens (primary N) is 1. The third-order valence-electron chi connectivity index (χ3n) is 3.43. The predicted molar refractivity (Wildman–Crippen MR) is 83.9 cm³/mol.